The molecule has 0 aromatic heterocycles. The van der Waals surface area contributed by atoms with Crippen LogP contribution in [0.15, 0.2) is 36.4 Å². The molecule has 1 aliphatic heterocycles. The van der Waals surface area contributed by atoms with E-state index in [4.69, 9.17) is 32.7 Å². The highest BCUT2D eigenvalue weighted by Gasteiger charge is 2.23. The number of hydrogen-bond donors (Lipinski definition) is 1. The Kier molecular flexibility index (Phi) is 5.25. The van der Waals surface area contributed by atoms with Crippen LogP contribution in [0.1, 0.15) is 6.92 Å². The summed E-state index contributed by atoms with van der Waals surface area (Å²) in [4.78, 5) is 25.5. The van der Waals surface area contributed by atoms with Crippen LogP contribution in [0.25, 0.3) is 0 Å². The number of carbonyl (C=O) groups excluding carboxylic acids is 2. The summed E-state index contributed by atoms with van der Waals surface area (Å²) in [7, 11) is 1.67. The zero-order chi connectivity index (χ0) is 18.8. The molecule has 0 aliphatic carbocycles. The van der Waals surface area contributed by atoms with Crippen LogP contribution in [0, 0.1) is 0 Å². The second kappa shape index (κ2) is 7.43. The van der Waals surface area contributed by atoms with Gasteiger partial charge in [-0.2, -0.15) is 0 Å². The fourth-order valence-corrected chi connectivity index (χ4v) is 2.87. The van der Waals surface area contributed by atoms with Gasteiger partial charge >= 0.3 is 0 Å². The number of ether oxygens (including phenoxy) is 2. The van der Waals surface area contributed by atoms with Gasteiger partial charge < -0.3 is 19.7 Å². The van der Waals surface area contributed by atoms with E-state index in [9.17, 15) is 9.59 Å². The highest BCUT2D eigenvalue weighted by atomic mass is 35.5. The SMILES string of the molecule is CC(Oc1ccc(Cl)cc1Cl)C(=O)Nc1ccc2c(c1)OCC(=O)N2C. The van der Waals surface area contributed by atoms with Crippen LogP contribution in [-0.4, -0.2) is 31.6 Å². The molecule has 8 heteroatoms. The number of fused-ring (bicyclic) bond motifs is 1. The molecule has 0 fully saturated rings. The fraction of sp³-hybridized carbons (Fsp3) is 0.222. The second-order valence-corrected chi connectivity index (χ2v) is 6.59. The minimum absolute atomic E-state index is 0.0323. The number of benzene rings is 2. The summed E-state index contributed by atoms with van der Waals surface area (Å²) in [5.41, 5.74) is 1.19. The van der Waals surface area contributed by atoms with E-state index in [-0.39, 0.29) is 18.4 Å². The van der Waals surface area contributed by atoms with E-state index in [2.05, 4.69) is 5.32 Å². The van der Waals surface area contributed by atoms with Gasteiger partial charge in [0.2, 0.25) is 0 Å². The molecule has 2 aromatic rings. The molecule has 1 heterocycles. The first-order valence-electron chi connectivity index (χ1n) is 7.81. The highest BCUT2D eigenvalue weighted by Crippen LogP contribution is 2.34. The number of likely N-dealkylation sites (N-methyl/N-ethyl adjacent to an activating group) is 1. The largest absolute Gasteiger partial charge is 0.481 e. The zero-order valence-corrected chi connectivity index (χ0v) is 15.6. The van der Waals surface area contributed by atoms with Crippen molar-refractivity contribution in [2.75, 3.05) is 23.9 Å². The molecule has 0 spiro atoms. The highest BCUT2D eigenvalue weighted by molar-refractivity contribution is 6.35. The molecular weight excluding hydrogens is 379 g/mol. The summed E-state index contributed by atoms with van der Waals surface area (Å²) >= 11 is 11.9. The topological polar surface area (TPSA) is 67.9 Å². The lowest BCUT2D eigenvalue weighted by Gasteiger charge is -2.26. The van der Waals surface area contributed by atoms with Gasteiger partial charge in [0.15, 0.2) is 12.7 Å². The minimum atomic E-state index is -0.783. The Morgan fingerprint density at radius 1 is 1.27 bits per heavy atom. The normalized spacial score (nSPS) is 14.3. The van der Waals surface area contributed by atoms with Gasteiger partial charge in [-0.05, 0) is 37.3 Å². The Labute approximate surface area is 160 Å². The van der Waals surface area contributed by atoms with Gasteiger partial charge in [0.1, 0.15) is 11.5 Å². The Balaban J connectivity index is 1.68. The van der Waals surface area contributed by atoms with Gasteiger partial charge in [0, 0.05) is 23.8 Å². The number of hydrogen-bond acceptors (Lipinski definition) is 4. The van der Waals surface area contributed by atoms with Crippen LogP contribution >= 0.6 is 23.2 Å². The molecule has 6 nitrogen and oxygen atoms in total. The van der Waals surface area contributed by atoms with Crippen LogP contribution in [0.3, 0.4) is 0 Å². The number of amides is 2. The van der Waals surface area contributed by atoms with E-state index in [0.29, 0.717) is 32.9 Å². The number of nitrogens with one attached hydrogen (secondary N) is 1. The number of halogens is 2. The van der Waals surface area contributed by atoms with Gasteiger partial charge in [-0.1, -0.05) is 23.2 Å². The molecule has 0 saturated carbocycles. The monoisotopic (exact) mass is 394 g/mol. The van der Waals surface area contributed by atoms with Crippen LogP contribution in [0.4, 0.5) is 11.4 Å². The molecule has 0 bridgehead atoms. The second-order valence-electron chi connectivity index (χ2n) is 5.75. The lowest BCUT2D eigenvalue weighted by atomic mass is 10.2. The van der Waals surface area contributed by atoms with E-state index in [0.717, 1.165) is 0 Å². The first-order valence-corrected chi connectivity index (χ1v) is 8.56. The predicted octanol–water partition coefficient (Wildman–Crippen LogP) is 3.75. The molecule has 2 aromatic carbocycles. The average molecular weight is 395 g/mol. The van der Waals surface area contributed by atoms with Crippen molar-refractivity contribution in [1.82, 2.24) is 0 Å². The summed E-state index contributed by atoms with van der Waals surface area (Å²) in [6.07, 6.45) is -0.783. The maximum atomic E-state index is 12.4. The number of nitrogens with zero attached hydrogens (tertiary/aromatic N) is 1. The molecule has 2 amide bonds. The average Bonchev–Trinajstić information content (AvgIpc) is 2.60. The molecule has 1 N–H and O–H groups in total. The third kappa shape index (κ3) is 3.86. The van der Waals surface area contributed by atoms with Crippen LogP contribution in [0.2, 0.25) is 10.0 Å². The van der Waals surface area contributed by atoms with E-state index in [1.54, 1.807) is 50.4 Å². The Morgan fingerprint density at radius 3 is 2.77 bits per heavy atom. The number of carbonyl (C=O) groups is 2. The van der Waals surface area contributed by atoms with Crippen molar-refractivity contribution < 1.29 is 19.1 Å². The molecule has 0 saturated heterocycles. The summed E-state index contributed by atoms with van der Waals surface area (Å²) in [5.74, 6) is 0.416. The molecule has 1 atom stereocenters. The summed E-state index contributed by atoms with van der Waals surface area (Å²) in [5, 5.41) is 3.56. The maximum Gasteiger partial charge on any atom is 0.265 e. The zero-order valence-electron chi connectivity index (χ0n) is 14.1. The maximum absolute atomic E-state index is 12.4. The quantitative estimate of drug-likeness (QED) is 0.856. The van der Waals surface area contributed by atoms with Crippen molar-refractivity contribution in [3.05, 3.63) is 46.4 Å². The lowest BCUT2D eigenvalue weighted by Crippen LogP contribution is -2.35. The predicted molar refractivity (Wildman–Crippen MR) is 101 cm³/mol. The van der Waals surface area contributed by atoms with Gasteiger partial charge in [0.25, 0.3) is 11.8 Å². The number of anilines is 2. The van der Waals surface area contributed by atoms with Gasteiger partial charge in [-0.25, -0.2) is 0 Å². The molecule has 1 aliphatic rings. The van der Waals surface area contributed by atoms with E-state index < -0.39 is 6.10 Å². The summed E-state index contributed by atoms with van der Waals surface area (Å²) < 4.78 is 11.0. The Bertz CT molecular complexity index is 872. The van der Waals surface area contributed by atoms with Crippen LogP contribution < -0.4 is 19.7 Å². The van der Waals surface area contributed by atoms with Crippen molar-refractivity contribution in [1.29, 1.82) is 0 Å². The molecule has 3 rings (SSSR count). The summed E-state index contributed by atoms with van der Waals surface area (Å²) in [6.45, 7) is 1.58. The molecular formula is C18H16Cl2N2O4. The van der Waals surface area contributed by atoms with Crippen molar-refractivity contribution in [2.24, 2.45) is 0 Å². The van der Waals surface area contributed by atoms with Gasteiger partial charge in [-0.3, -0.25) is 9.59 Å². The van der Waals surface area contributed by atoms with Gasteiger partial charge in [0.05, 0.1) is 10.7 Å². The van der Waals surface area contributed by atoms with Crippen LogP contribution in [0.5, 0.6) is 11.5 Å². The van der Waals surface area contributed by atoms with E-state index in [1.807, 2.05) is 0 Å². The molecule has 0 radical (unpaired) electrons. The van der Waals surface area contributed by atoms with Crippen molar-refractivity contribution in [3.63, 3.8) is 0 Å². The fourth-order valence-electron chi connectivity index (χ4n) is 2.41. The van der Waals surface area contributed by atoms with Gasteiger partial charge in [-0.15, -0.1) is 0 Å². The standard InChI is InChI=1S/C18H16Cl2N2O4/c1-10(26-15-6-3-11(19)7-13(15)20)18(24)21-12-4-5-14-16(8-12)25-9-17(23)22(14)2/h3-8,10H,9H2,1-2H3,(H,21,24). The Morgan fingerprint density at radius 2 is 2.04 bits per heavy atom. The first kappa shape index (κ1) is 18.4. The third-order valence-corrected chi connectivity index (χ3v) is 4.41. The number of rotatable bonds is 4. The molecule has 1 unspecified atom stereocenters. The first-order chi connectivity index (χ1) is 12.3. The Hall–Kier alpha value is -2.44. The van der Waals surface area contributed by atoms with Crippen LogP contribution in [-0.2, 0) is 9.59 Å². The van der Waals surface area contributed by atoms with E-state index in [1.165, 1.54) is 4.90 Å². The third-order valence-electron chi connectivity index (χ3n) is 3.88. The minimum Gasteiger partial charge on any atom is -0.481 e. The van der Waals surface area contributed by atoms with Crippen molar-refractivity contribution in [2.45, 2.75) is 13.0 Å². The molecule has 26 heavy (non-hydrogen) atoms. The lowest BCUT2D eigenvalue weighted by molar-refractivity contribution is -0.122. The summed E-state index contributed by atoms with van der Waals surface area (Å²) in [6, 6.07) is 9.85. The van der Waals surface area contributed by atoms with Crippen molar-refractivity contribution in [3.8, 4) is 11.5 Å². The van der Waals surface area contributed by atoms with Crippen molar-refractivity contribution >= 4 is 46.4 Å². The smallest absolute Gasteiger partial charge is 0.265 e. The molecule has 136 valence electrons. The van der Waals surface area contributed by atoms with E-state index >= 15 is 0 Å².